The van der Waals surface area contributed by atoms with Crippen LogP contribution in [0.4, 0.5) is 5.69 Å². The predicted octanol–water partition coefficient (Wildman–Crippen LogP) is 2.22. The van der Waals surface area contributed by atoms with Gasteiger partial charge >= 0.3 is 0 Å². The van der Waals surface area contributed by atoms with Crippen LogP contribution in [0, 0.1) is 6.92 Å². The Kier molecular flexibility index (Phi) is 5.63. The van der Waals surface area contributed by atoms with E-state index in [1.165, 1.54) is 0 Å². The SMILES string of the molecule is Cc1nnc(CCNc2ccnc(C(=O)NCc3ccncc3)c2)s1. The highest BCUT2D eigenvalue weighted by molar-refractivity contribution is 7.11. The molecule has 128 valence electrons. The van der Waals surface area contributed by atoms with Gasteiger partial charge in [-0.05, 0) is 36.8 Å². The number of rotatable bonds is 7. The summed E-state index contributed by atoms with van der Waals surface area (Å²) in [7, 11) is 0. The molecule has 0 radical (unpaired) electrons. The van der Waals surface area contributed by atoms with Crippen LogP contribution in [0.5, 0.6) is 0 Å². The smallest absolute Gasteiger partial charge is 0.270 e. The van der Waals surface area contributed by atoms with Crippen molar-refractivity contribution in [1.82, 2.24) is 25.5 Å². The van der Waals surface area contributed by atoms with E-state index in [4.69, 9.17) is 0 Å². The molecule has 7 nitrogen and oxygen atoms in total. The van der Waals surface area contributed by atoms with Gasteiger partial charge in [0.2, 0.25) is 0 Å². The molecule has 0 aromatic carbocycles. The van der Waals surface area contributed by atoms with Gasteiger partial charge in [-0.2, -0.15) is 0 Å². The minimum absolute atomic E-state index is 0.208. The van der Waals surface area contributed by atoms with Crippen LogP contribution >= 0.6 is 11.3 Å². The summed E-state index contributed by atoms with van der Waals surface area (Å²) < 4.78 is 0. The Morgan fingerprint density at radius 1 is 1.16 bits per heavy atom. The summed E-state index contributed by atoms with van der Waals surface area (Å²) in [4.78, 5) is 20.3. The van der Waals surface area contributed by atoms with Crippen molar-refractivity contribution in [3.05, 3.63) is 64.1 Å². The lowest BCUT2D eigenvalue weighted by Gasteiger charge is -2.08. The van der Waals surface area contributed by atoms with Crippen LogP contribution < -0.4 is 10.6 Å². The maximum Gasteiger partial charge on any atom is 0.270 e. The number of carbonyl (C=O) groups excluding carboxylic acids is 1. The zero-order chi connectivity index (χ0) is 17.5. The van der Waals surface area contributed by atoms with Crippen LogP contribution in [0.2, 0.25) is 0 Å². The van der Waals surface area contributed by atoms with Crippen molar-refractivity contribution in [3.63, 3.8) is 0 Å². The minimum Gasteiger partial charge on any atom is -0.385 e. The predicted molar refractivity (Wildman–Crippen MR) is 96.5 cm³/mol. The van der Waals surface area contributed by atoms with Crippen LogP contribution in [0.25, 0.3) is 0 Å². The Morgan fingerprint density at radius 2 is 2.00 bits per heavy atom. The van der Waals surface area contributed by atoms with Gasteiger partial charge in [-0.1, -0.05) is 0 Å². The molecule has 0 unspecified atom stereocenters. The number of nitrogens with one attached hydrogen (secondary N) is 2. The molecule has 0 fully saturated rings. The number of nitrogens with zero attached hydrogens (tertiary/aromatic N) is 4. The van der Waals surface area contributed by atoms with E-state index in [1.54, 1.807) is 36.0 Å². The molecule has 0 atom stereocenters. The quantitative estimate of drug-likeness (QED) is 0.676. The molecule has 1 amide bonds. The average molecular weight is 354 g/mol. The van der Waals surface area contributed by atoms with Crippen molar-refractivity contribution in [2.45, 2.75) is 19.9 Å². The number of anilines is 1. The van der Waals surface area contributed by atoms with Gasteiger partial charge in [0, 0.05) is 43.8 Å². The molecule has 0 bridgehead atoms. The third-order valence-electron chi connectivity index (χ3n) is 3.43. The first-order valence-electron chi connectivity index (χ1n) is 7.87. The van der Waals surface area contributed by atoms with Gasteiger partial charge in [0.25, 0.3) is 5.91 Å². The molecule has 0 aliphatic rings. The van der Waals surface area contributed by atoms with Gasteiger partial charge in [0.1, 0.15) is 15.7 Å². The largest absolute Gasteiger partial charge is 0.385 e. The Morgan fingerprint density at radius 3 is 2.76 bits per heavy atom. The van der Waals surface area contributed by atoms with Crippen LogP contribution in [0.3, 0.4) is 0 Å². The van der Waals surface area contributed by atoms with Gasteiger partial charge in [0.15, 0.2) is 0 Å². The van der Waals surface area contributed by atoms with E-state index in [0.29, 0.717) is 12.2 Å². The number of amides is 1. The van der Waals surface area contributed by atoms with E-state index >= 15 is 0 Å². The highest BCUT2D eigenvalue weighted by atomic mass is 32.1. The number of hydrogen-bond acceptors (Lipinski definition) is 7. The van der Waals surface area contributed by atoms with Crippen molar-refractivity contribution in [2.75, 3.05) is 11.9 Å². The zero-order valence-electron chi connectivity index (χ0n) is 13.8. The molecule has 3 heterocycles. The van der Waals surface area contributed by atoms with E-state index in [2.05, 4.69) is 30.8 Å². The summed E-state index contributed by atoms with van der Waals surface area (Å²) >= 11 is 1.59. The second kappa shape index (κ2) is 8.29. The lowest BCUT2D eigenvalue weighted by molar-refractivity contribution is 0.0946. The van der Waals surface area contributed by atoms with E-state index in [1.807, 2.05) is 25.1 Å². The second-order valence-electron chi connectivity index (χ2n) is 5.36. The van der Waals surface area contributed by atoms with E-state index in [0.717, 1.165) is 34.2 Å². The molecule has 3 aromatic rings. The number of carbonyl (C=O) groups is 1. The Hall–Kier alpha value is -2.87. The summed E-state index contributed by atoms with van der Waals surface area (Å²) in [5, 5.41) is 16.2. The Labute approximate surface area is 149 Å². The number of hydrogen-bond donors (Lipinski definition) is 2. The molecule has 0 saturated heterocycles. The molecule has 25 heavy (non-hydrogen) atoms. The maximum absolute atomic E-state index is 12.2. The molecule has 3 aromatic heterocycles. The van der Waals surface area contributed by atoms with E-state index in [-0.39, 0.29) is 5.91 Å². The normalized spacial score (nSPS) is 10.4. The Bertz CT molecular complexity index is 836. The molecule has 0 aliphatic heterocycles. The summed E-state index contributed by atoms with van der Waals surface area (Å²) in [6.07, 6.45) is 5.81. The van der Waals surface area contributed by atoms with Crippen molar-refractivity contribution in [2.24, 2.45) is 0 Å². The zero-order valence-corrected chi connectivity index (χ0v) is 14.6. The molecular formula is C17H18N6OS. The molecule has 0 aliphatic carbocycles. The lowest BCUT2D eigenvalue weighted by atomic mass is 10.2. The molecule has 0 saturated carbocycles. The number of pyridine rings is 2. The number of aryl methyl sites for hydroxylation is 1. The van der Waals surface area contributed by atoms with Crippen molar-refractivity contribution >= 4 is 22.9 Å². The summed E-state index contributed by atoms with van der Waals surface area (Å²) in [6, 6.07) is 7.31. The van der Waals surface area contributed by atoms with Crippen molar-refractivity contribution < 1.29 is 4.79 Å². The summed E-state index contributed by atoms with van der Waals surface area (Å²) in [5.74, 6) is -0.208. The van der Waals surface area contributed by atoms with Gasteiger partial charge in [-0.3, -0.25) is 14.8 Å². The Balaban J connectivity index is 1.52. The minimum atomic E-state index is -0.208. The standard InChI is InChI=1S/C17H18N6OS/c1-12-22-23-16(25-12)5-9-19-14-4-8-20-15(10-14)17(24)21-11-13-2-6-18-7-3-13/h2-4,6-8,10H,5,9,11H2,1H3,(H,19,20)(H,21,24). The van der Waals surface area contributed by atoms with Gasteiger partial charge in [0.05, 0.1) is 0 Å². The second-order valence-corrected chi connectivity index (χ2v) is 6.63. The van der Waals surface area contributed by atoms with Crippen LogP contribution in [-0.4, -0.2) is 32.6 Å². The highest BCUT2D eigenvalue weighted by Crippen LogP contribution is 2.11. The first-order valence-corrected chi connectivity index (χ1v) is 8.68. The van der Waals surface area contributed by atoms with Crippen LogP contribution in [0.1, 0.15) is 26.1 Å². The fraction of sp³-hybridized carbons (Fsp3) is 0.235. The van der Waals surface area contributed by atoms with Crippen LogP contribution in [-0.2, 0) is 13.0 Å². The molecule has 2 N–H and O–H groups in total. The van der Waals surface area contributed by atoms with Crippen molar-refractivity contribution in [3.8, 4) is 0 Å². The topological polar surface area (TPSA) is 92.7 Å². The number of aromatic nitrogens is 4. The third-order valence-corrected chi connectivity index (χ3v) is 4.33. The monoisotopic (exact) mass is 354 g/mol. The molecule has 3 rings (SSSR count). The van der Waals surface area contributed by atoms with Gasteiger partial charge < -0.3 is 10.6 Å². The highest BCUT2D eigenvalue weighted by Gasteiger charge is 2.08. The fourth-order valence-corrected chi connectivity index (χ4v) is 2.90. The van der Waals surface area contributed by atoms with E-state index < -0.39 is 0 Å². The van der Waals surface area contributed by atoms with Gasteiger partial charge in [-0.25, -0.2) is 0 Å². The lowest BCUT2D eigenvalue weighted by Crippen LogP contribution is -2.23. The molecule has 8 heteroatoms. The molecule has 0 spiro atoms. The maximum atomic E-state index is 12.2. The first-order chi connectivity index (χ1) is 12.2. The fourth-order valence-electron chi connectivity index (χ4n) is 2.19. The molecular weight excluding hydrogens is 336 g/mol. The summed E-state index contributed by atoms with van der Waals surface area (Å²) in [6.45, 7) is 3.10. The van der Waals surface area contributed by atoms with Crippen molar-refractivity contribution in [1.29, 1.82) is 0 Å². The van der Waals surface area contributed by atoms with Crippen LogP contribution in [0.15, 0.2) is 42.9 Å². The first kappa shape index (κ1) is 17.0. The van der Waals surface area contributed by atoms with E-state index in [9.17, 15) is 4.79 Å². The average Bonchev–Trinajstić information content (AvgIpc) is 3.06. The summed E-state index contributed by atoms with van der Waals surface area (Å²) in [5.41, 5.74) is 2.22. The third kappa shape index (κ3) is 5.05. The van der Waals surface area contributed by atoms with Gasteiger partial charge in [-0.15, -0.1) is 21.5 Å².